The smallest absolute Gasteiger partial charge is 0.453 e. The number of aryl methyl sites for hydroxylation is 2. The molecule has 2 aromatic heterocycles. The zero-order valence-electron chi connectivity index (χ0n) is 38.6. The average Bonchev–Trinajstić information content (AvgIpc) is 4.06. The van der Waals surface area contributed by atoms with E-state index in [2.05, 4.69) is 47.9 Å². The first-order chi connectivity index (χ1) is 32.0. The summed E-state index contributed by atoms with van der Waals surface area (Å²) < 4.78 is 52.6. The number of amidine groups is 1. The summed E-state index contributed by atoms with van der Waals surface area (Å²) in [4.78, 5) is 61.6. The van der Waals surface area contributed by atoms with Gasteiger partial charge in [0.2, 0.25) is 17.7 Å². The number of Topliss-reactive ketones (excluding diaryl/α,β-unsaturated/α-hetero) is 1. The normalized spacial score (nSPS) is 17.3. The van der Waals surface area contributed by atoms with Crippen molar-refractivity contribution in [1.82, 2.24) is 40.3 Å². The van der Waals surface area contributed by atoms with E-state index in [0.717, 1.165) is 77.1 Å². The molecule has 0 bridgehead atoms. The average molecular weight is 948 g/mol. The third-order valence-electron chi connectivity index (χ3n) is 12.5. The Kier molecular flexibility index (Phi) is 16.1. The Hall–Kier alpha value is -5.69. The second-order valence-corrected chi connectivity index (χ2v) is 19.4. The topological polar surface area (TPSA) is 173 Å². The number of aromatic nitrogens is 4. The third-order valence-corrected chi connectivity index (χ3v) is 13.4. The molecule has 5 heterocycles. The van der Waals surface area contributed by atoms with Gasteiger partial charge < -0.3 is 29.9 Å². The number of hydrogen-bond donors (Lipinski definition) is 2. The number of piperidine rings is 1. The summed E-state index contributed by atoms with van der Waals surface area (Å²) in [5.74, 6) is -0.626. The molecule has 7 rings (SSSR count). The monoisotopic (exact) mass is 947 g/mol. The van der Waals surface area contributed by atoms with Crippen molar-refractivity contribution in [3.05, 3.63) is 82.5 Å². The highest BCUT2D eigenvalue weighted by molar-refractivity contribution is 7.13. The largest absolute Gasteiger partial charge is 0.494 e. The fraction of sp³-hybridized carbons (Fsp3) is 0.542. The van der Waals surface area contributed by atoms with Gasteiger partial charge in [0.05, 0.1) is 29.2 Å². The van der Waals surface area contributed by atoms with Crippen LogP contribution in [0.15, 0.2) is 59.1 Å². The lowest BCUT2D eigenvalue weighted by Crippen LogP contribution is -2.58. The molecule has 3 aliphatic rings. The van der Waals surface area contributed by atoms with E-state index in [1.165, 1.54) is 10.5 Å². The number of carbonyl (C=O) groups excluding carboxylic acids is 4. The lowest BCUT2D eigenvalue weighted by Gasteiger charge is -2.35. The Morgan fingerprint density at radius 1 is 0.910 bits per heavy atom. The zero-order valence-corrected chi connectivity index (χ0v) is 39.4. The summed E-state index contributed by atoms with van der Waals surface area (Å²) in [5, 5.41) is 17.0. The van der Waals surface area contributed by atoms with Crippen molar-refractivity contribution in [2.45, 2.75) is 123 Å². The maximum atomic E-state index is 13.9. The van der Waals surface area contributed by atoms with Gasteiger partial charge in [-0.15, -0.1) is 21.5 Å². The molecule has 19 heteroatoms. The van der Waals surface area contributed by atoms with E-state index in [4.69, 9.17) is 9.47 Å². The van der Waals surface area contributed by atoms with E-state index in [-0.39, 0.29) is 37.7 Å². The summed E-state index contributed by atoms with van der Waals surface area (Å²) in [6.45, 7) is 9.66. The minimum Gasteiger partial charge on any atom is -0.494 e. The number of halogens is 3. The van der Waals surface area contributed by atoms with Crippen LogP contribution in [0.2, 0.25) is 0 Å². The predicted molar refractivity (Wildman–Crippen MR) is 246 cm³/mol. The van der Waals surface area contributed by atoms with Crippen LogP contribution >= 0.6 is 11.3 Å². The van der Waals surface area contributed by atoms with Gasteiger partial charge in [-0.05, 0) is 72.8 Å². The molecule has 0 spiro atoms. The minimum atomic E-state index is -4.61. The Morgan fingerprint density at radius 2 is 1.61 bits per heavy atom. The SMILES string of the molecule is Cc1ncsc1-c1ccc(CNC(=O)C2CC(=O)CN2C(=O)C(NC(=O)COCCCCCCCOc2ccc(C3CCN(C4=Nn5c(nnc5C(F)(F)F)CC4)CC3)cc2)C(C)(C)C)cc1. The van der Waals surface area contributed by atoms with Crippen LogP contribution < -0.4 is 15.4 Å². The van der Waals surface area contributed by atoms with Crippen molar-refractivity contribution in [1.29, 1.82) is 0 Å². The lowest BCUT2D eigenvalue weighted by atomic mass is 9.85. The first-order valence-electron chi connectivity index (χ1n) is 23.1. The van der Waals surface area contributed by atoms with Crippen molar-refractivity contribution in [3.63, 3.8) is 0 Å². The first kappa shape index (κ1) is 49.2. The number of carbonyl (C=O) groups is 4. The number of benzene rings is 2. The zero-order chi connectivity index (χ0) is 47.7. The summed E-state index contributed by atoms with van der Waals surface area (Å²) in [5.41, 5.74) is 5.19. The highest BCUT2D eigenvalue weighted by Crippen LogP contribution is 2.33. The first-order valence-corrected chi connectivity index (χ1v) is 24.0. The molecule has 2 aromatic carbocycles. The molecule has 0 aliphatic carbocycles. The molecule has 3 amide bonds. The van der Waals surface area contributed by atoms with Gasteiger partial charge in [0.25, 0.3) is 5.82 Å². The highest BCUT2D eigenvalue weighted by Gasteiger charge is 2.45. The number of nitrogens with one attached hydrogen (secondary N) is 2. The van der Waals surface area contributed by atoms with Crippen LogP contribution in [0.3, 0.4) is 0 Å². The number of amides is 3. The molecule has 0 radical (unpaired) electrons. The number of ketones is 1. The van der Waals surface area contributed by atoms with E-state index in [1.54, 1.807) is 16.8 Å². The number of unbranched alkanes of at least 4 members (excludes halogenated alkanes) is 4. The van der Waals surface area contributed by atoms with E-state index >= 15 is 0 Å². The second kappa shape index (κ2) is 22.0. The van der Waals surface area contributed by atoms with E-state index in [0.29, 0.717) is 50.9 Å². The number of likely N-dealkylation sites (tertiary alicyclic amines) is 2. The van der Waals surface area contributed by atoms with Crippen LogP contribution in [-0.2, 0) is 43.1 Å². The number of nitrogens with zero attached hydrogens (tertiary/aromatic N) is 7. The summed E-state index contributed by atoms with van der Waals surface area (Å²) in [6.07, 6.45) is 2.51. The summed E-state index contributed by atoms with van der Waals surface area (Å²) in [7, 11) is 0. The van der Waals surface area contributed by atoms with Gasteiger partial charge in [0, 0.05) is 45.5 Å². The molecule has 3 aliphatic heterocycles. The van der Waals surface area contributed by atoms with Gasteiger partial charge in [-0.3, -0.25) is 19.2 Å². The van der Waals surface area contributed by atoms with Gasteiger partial charge in [0.15, 0.2) is 11.6 Å². The van der Waals surface area contributed by atoms with Crippen LogP contribution in [0.25, 0.3) is 10.4 Å². The van der Waals surface area contributed by atoms with Crippen molar-refractivity contribution >= 4 is 40.7 Å². The fourth-order valence-electron chi connectivity index (χ4n) is 8.69. The molecule has 2 saturated heterocycles. The molecule has 2 N–H and O–H groups in total. The van der Waals surface area contributed by atoms with Gasteiger partial charge >= 0.3 is 6.18 Å². The Labute approximate surface area is 392 Å². The van der Waals surface area contributed by atoms with Crippen LogP contribution in [0, 0.1) is 12.3 Å². The van der Waals surface area contributed by atoms with Gasteiger partial charge in [0.1, 0.15) is 30.3 Å². The Morgan fingerprint density at radius 3 is 2.28 bits per heavy atom. The number of fused-ring (bicyclic) bond motifs is 1. The van der Waals surface area contributed by atoms with E-state index in [1.807, 2.05) is 64.1 Å². The molecule has 2 fully saturated rings. The molecule has 2 atom stereocenters. The quantitative estimate of drug-likeness (QED) is 0.0983. The third kappa shape index (κ3) is 12.9. The number of hydrogen-bond acceptors (Lipinski definition) is 12. The van der Waals surface area contributed by atoms with Crippen LogP contribution in [0.5, 0.6) is 5.75 Å². The summed E-state index contributed by atoms with van der Waals surface area (Å²) >= 11 is 1.56. The highest BCUT2D eigenvalue weighted by atomic mass is 32.1. The van der Waals surface area contributed by atoms with Crippen molar-refractivity contribution in [3.8, 4) is 16.2 Å². The van der Waals surface area contributed by atoms with Crippen LogP contribution in [0.4, 0.5) is 13.2 Å². The van der Waals surface area contributed by atoms with E-state index < -0.39 is 47.2 Å². The molecular formula is C48H60F3N9O6S. The van der Waals surface area contributed by atoms with Gasteiger partial charge in [-0.25, -0.2) is 4.98 Å². The molecule has 0 saturated carbocycles. The maximum absolute atomic E-state index is 13.9. The molecule has 2 unspecified atom stereocenters. The number of alkyl halides is 3. The van der Waals surface area contributed by atoms with Crippen molar-refractivity contribution < 1.29 is 41.8 Å². The molecule has 4 aromatic rings. The van der Waals surface area contributed by atoms with Crippen LogP contribution in [-0.4, -0.2) is 111 Å². The van der Waals surface area contributed by atoms with Crippen molar-refractivity contribution in [2.24, 2.45) is 10.5 Å². The molecule has 67 heavy (non-hydrogen) atoms. The molecule has 360 valence electrons. The van der Waals surface area contributed by atoms with Gasteiger partial charge in [-0.1, -0.05) is 76.4 Å². The standard InChI is InChI=1S/C48H60F3N9O6S/c1-31-42(67-30-53-31)35-12-10-32(11-13-35)27-52-44(63)38-26-36(61)28-59(38)45(64)43(47(2,3)4)54-41(62)29-65-24-8-6-5-7-9-25-66-37-16-14-33(15-17-37)34-20-22-58(23-21-34)40-19-18-39-55-56-46(48(49,50)51)60(39)57-40/h10-17,30,34,38,43H,5-9,18-29H2,1-4H3,(H,52,63)(H,54,62). The molecular weight excluding hydrogens is 888 g/mol. The predicted octanol–water partition coefficient (Wildman–Crippen LogP) is 7.08. The Bertz CT molecular complexity index is 2370. The minimum absolute atomic E-state index is 0.0868. The number of thiazole rings is 1. The van der Waals surface area contributed by atoms with Gasteiger partial charge in [-0.2, -0.15) is 22.9 Å². The van der Waals surface area contributed by atoms with Crippen molar-refractivity contribution in [2.75, 3.05) is 39.5 Å². The maximum Gasteiger partial charge on any atom is 0.453 e. The fourth-order valence-corrected chi connectivity index (χ4v) is 9.50. The van der Waals surface area contributed by atoms with Crippen LogP contribution in [0.1, 0.15) is 113 Å². The lowest BCUT2D eigenvalue weighted by molar-refractivity contribution is -0.147. The Balaban J connectivity index is 0.751. The second-order valence-electron chi connectivity index (χ2n) is 18.5. The van der Waals surface area contributed by atoms with E-state index in [9.17, 15) is 32.3 Å². The number of ether oxygens (including phenoxy) is 2. The summed E-state index contributed by atoms with van der Waals surface area (Å²) in [6, 6.07) is 14.0. The number of rotatable bonds is 18. The molecule has 15 nitrogen and oxygen atoms in total.